The second-order valence-electron chi connectivity index (χ2n) is 14.1. The molecule has 0 bridgehead atoms. The molecule has 2 fully saturated rings. The number of unbranched alkanes of at least 4 members (excludes halogenated alkanes) is 1. The van der Waals surface area contributed by atoms with Gasteiger partial charge in [0.25, 0.3) is 0 Å². The van der Waals surface area contributed by atoms with E-state index in [1.165, 1.54) is 0 Å². The molecule has 1 aromatic heterocycles. The molecule has 0 saturated carbocycles. The van der Waals surface area contributed by atoms with Crippen molar-refractivity contribution in [1.29, 1.82) is 0 Å². The van der Waals surface area contributed by atoms with Crippen LogP contribution in [0.5, 0.6) is 0 Å². The Morgan fingerprint density at radius 2 is 1.47 bits per heavy atom. The molecule has 2 saturated heterocycles. The predicted octanol–water partition coefficient (Wildman–Crippen LogP) is 6.01. The Hall–Kier alpha value is -2.17. The smallest absolute Gasteiger partial charge is 0.235 e. The summed E-state index contributed by atoms with van der Waals surface area (Å²) in [6.07, 6.45) is 8.22. The summed E-state index contributed by atoms with van der Waals surface area (Å²) in [5, 5.41) is 3.83. The van der Waals surface area contributed by atoms with Crippen molar-refractivity contribution in [2.45, 2.75) is 142 Å². The van der Waals surface area contributed by atoms with E-state index >= 15 is 0 Å². The number of anilines is 2. The molecule has 0 amide bonds. The van der Waals surface area contributed by atoms with Crippen molar-refractivity contribution in [3.05, 3.63) is 30.1 Å². The highest BCUT2D eigenvalue weighted by molar-refractivity contribution is 5.44. The van der Waals surface area contributed by atoms with Gasteiger partial charge in [0.2, 0.25) is 11.9 Å². The molecular weight excluding hydrogens is 470 g/mol. The average molecular weight is 524 g/mol. The quantitative estimate of drug-likeness (QED) is 0.419. The van der Waals surface area contributed by atoms with E-state index in [1.807, 2.05) is 13.1 Å². The lowest BCUT2D eigenvalue weighted by Crippen LogP contribution is -2.62. The van der Waals surface area contributed by atoms with Gasteiger partial charge in [0, 0.05) is 40.8 Å². The van der Waals surface area contributed by atoms with Crippen molar-refractivity contribution in [2.75, 3.05) is 23.4 Å². The highest BCUT2D eigenvalue weighted by Crippen LogP contribution is 2.40. The van der Waals surface area contributed by atoms with Crippen molar-refractivity contribution in [3.63, 3.8) is 0 Å². The summed E-state index contributed by atoms with van der Waals surface area (Å²) in [5.74, 6) is 2.21. The Morgan fingerprint density at radius 3 is 2.00 bits per heavy atom. The summed E-state index contributed by atoms with van der Waals surface area (Å²) in [6, 6.07) is 0.563. The first-order chi connectivity index (χ1) is 17.5. The third-order valence-corrected chi connectivity index (χ3v) is 8.56. The van der Waals surface area contributed by atoms with Crippen LogP contribution in [0.15, 0.2) is 24.2 Å². The Labute approximate surface area is 232 Å². The van der Waals surface area contributed by atoms with Crippen LogP contribution in [0.2, 0.25) is 0 Å². The minimum absolute atomic E-state index is 0.0285. The van der Waals surface area contributed by atoms with Crippen molar-refractivity contribution in [2.24, 2.45) is 0 Å². The van der Waals surface area contributed by atoms with E-state index in [1.54, 1.807) is 0 Å². The highest BCUT2D eigenvalue weighted by Gasteiger charge is 2.45. The van der Waals surface area contributed by atoms with Crippen LogP contribution in [-0.4, -0.2) is 67.7 Å². The fraction of sp³-hybridized carbons (Fsp3) is 0.774. The number of piperidine rings is 2. The average Bonchev–Trinajstić information content (AvgIpc) is 2.75. The van der Waals surface area contributed by atoms with Crippen molar-refractivity contribution < 1.29 is 0 Å². The largest absolute Gasteiger partial charge is 0.338 e. The zero-order valence-corrected chi connectivity index (χ0v) is 26.1. The zero-order chi connectivity index (χ0) is 28.5. The molecule has 7 heteroatoms. The van der Waals surface area contributed by atoms with Gasteiger partial charge in [0.05, 0.1) is 6.20 Å². The molecule has 0 aromatic carbocycles. The lowest BCUT2D eigenvalue weighted by molar-refractivity contribution is -0.0114. The number of nitrogens with zero attached hydrogens (tertiary/aromatic N) is 6. The minimum atomic E-state index is 0.0285. The van der Waals surface area contributed by atoms with Crippen LogP contribution in [0.25, 0.3) is 0 Å². The lowest BCUT2D eigenvalue weighted by atomic mass is 9.77. The standard InChI is InChI=1S/C31H53N7/c1-13-15-17-37(24-19-28(4,5)35-29(6,7)20-24)26-32-23(3)33-27(34-26)38(18-16-14-2)25-21-30(8,9)36(12)31(10,11)22-25/h18,24-25,35H,2,13,15,17,19-22H2,1,3-12H3. The minimum Gasteiger partial charge on any atom is -0.338 e. The number of rotatable bonds is 8. The van der Waals surface area contributed by atoms with Gasteiger partial charge in [-0.05, 0) is 108 Å². The SMILES string of the molecule is C=C=C=CN(c1nc(C)nc(N(CCCC)C2CC(C)(C)NC(C)(C)C2)n1)C1CC(C)(C)N(C)C(C)(C)C1. The molecule has 0 radical (unpaired) electrons. The van der Waals surface area contributed by atoms with Crippen molar-refractivity contribution in [1.82, 2.24) is 25.2 Å². The van der Waals surface area contributed by atoms with E-state index in [2.05, 4.69) is 107 Å². The fourth-order valence-corrected chi connectivity index (χ4v) is 6.92. The third kappa shape index (κ3) is 7.07. The van der Waals surface area contributed by atoms with Gasteiger partial charge in [-0.2, -0.15) is 15.0 Å². The number of nitrogens with one attached hydrogen (secondary N) is 1. The maximum absolute atomic E-state index is 5.18. The Kier molecular flexibility index (Phi) is 8.90. The third-order valence-electron chi connectivity index (χ3n) is 8.56. The Bertz CT molecular complexity index is 1030. The lowest BCUT2D eigenvalue weighted by Gasteiger charge is -2.55. The number of aromatic nitrogens is 3. The van der Waals surface area contributed by atoms with E-state index in [9.17, 15) is 0 Å². The molecule has 212 valence electrons. The fourth-order valence-electron chi connectivity index (χ4n) is 6.92. The van der Waals surface area contributed by atoms with Gasteiger partial charge in [0.1, 0.15) is 5.82 Å². The Morgan fingerprint density at radius 1 is 0.921 bits per heavy atom. The van der Waals surface area contributed by atoms with Crippen molar-refractivity contribution in [3.8, 4) is 0 Å². The zero-order valence-electron chi connectivity index (χ0n) is 26.1. The van der Waals surface area contributed by atoms with E-state index in [0.29, 0.717) is 12.0 Å². The van der Waals surface area contributed by atoms with Crippen LogP contribution in [-0.2, 0) is 0 Å². The van der Waals surface area contributed by atoms with Gasteiger partial charge < -0.3 is 15.1 Å². The van der Waals surface area contributed by atoms with Gasteiger partial charge in [-0.1, -0.05) is 24.8 Å². The molecule has 3 rings (SSSR count). The van der Waals surface area contributed by atoms with Crippen LogP contribution < -0.4 is 15.1 Å². The van der Waals surface area contributed by atoms with E-state index in [4.69, 9.17) is 15.0 Å². The first kappa shape index (κ1) is 30.4. The summed E-state index contributed by atoms with van der Waals surface area (Å²) >= 11 is 0. The van der Waals surface area contributed by atoms with Crippen LogP contribution in [0.4, 0.5) is 11.9 Å². The molecule has 0 atom stereocenters. The number of hydrogen-bond acceptors (Lipinski definition) is 7. The summed E-state index contributed by atoms with van der Waals surface area (Å²) in [4.78, 5) is 22.1. The topological polar surface area (TPSA) is 60.4 Å². The van der Waals surface area contributed by atoms with E-state index in [0.717, 1.165) is 56.8 Å². The molecule has 0 spiro atoms. The molecule has 3 heterocycles. The molecular formula is C31H53N7. The van der Waals surface area contributed by atoms with Crippen LogP contribution in [0.1, 0.15) is 107 Å². The molecule has 38 heavy (non-hydrogen) atoms. The highest BCUT2D eigenvalue weighted by atomic mass is 15.4. The van der Waals surface area contributed by atoms with Crippen LogP contribution in [0, 0.1) is 6.92 Å². The Balaban J connectivity index is 2.08. The normalized spacial score (nSPS) is 22.8. The number of aryl methyl sites for hydroxylation is 1. The second kappa shape index (κ2) is 11.1. The number of hydrogen-bond donors (Lipinski definition) is 1. The summed E-state index contributed by atoms with van der Waals surface area (Å²) in [5.41, 5.74) is 6.05. The van der Waals surface area contributed by atoms with Crippen molar-refractivity contribution >= 4 is 11.9 Å². The second-order valence-corrected chi connectivity index (χ2v) is 14.1. The number of likely N-dealkylation sites (tertiary alicyclic amines) is 1. The van der Waals surface area contributed by atoms with Crippen LogP contribution >= 0.6 is 0 Å². The maximum atomic E-state index is 5.18. The monoisotopic (exact) mass is 523 g/mol. The predicted molar refractivity (Wildman–Crippen MR) is 160 cm³/mol. The van der Waals surface area contributed by atoms with Gasteiger partial charge >= 0.3 is 0 Å². The molecule has 7 nitrogen and oxygen atoms in total. The molecule has 2 aliphatic rings. The first-order valence-electron chi connectivity index (χ1n) is 14.4. The molecule has 2 aliphatic heterocycles. The maximum Gasteiger partial charge on any atom is 0.235 e. The summed E-state index contributed by atoms with van der Waals surface area (Å²) in [6.45, 7) is 27.4. The van der Waals surface area contributed by atoms with Gasteiger partial charge in [-0.3, -0.25) is 4.90 Å². The molecule has 0 unspecified atom stereocenters. The van der Waals surface area contributed by atoms with Gasteiger partial charge in [-0.25, -0.2) is 0 Å². The summed E-state index contributed by atoms with van der Waals surface area (Å²) in [7, 11) is 2.23. The van der Waals surface area contributed by atoms with Gasteiger partial charge in [0.15, 0.2) is 0 Å². The van der Waals surface area contributed by atoms with E-state index < -0.39 is 0 Å². The van der Waals surface area contributed by atoms with Crippen LogP contribution in [0.3, 0.4) is 0 Å². The summed E-state index contributed by atoms with van der Waals surface area (Å²) < 4.78 is 0. The van der Waals surface area contributed by atoms with Gasteiger partial charge in [-0.15, -0.1) is 0 Å². The molecule has 0 aliphatic carbocycles. The van der Waals surface area contributed by atoms with E-state index in [-0.39, 0.29) is 28.2 Å². The molecule has 1 aromatic rings. The first-order valence-corrected chi connectivity index (χ1v) is 14.4. The molecule has 1 N–H and O–H groups in total.